The van der Waals surface area contributed by atoms with Crippen LogP contribution >= 0.6 is 0 Å². The molecule has 0 amide bonds. The Morgan fingerprint density at radius 2 is 1.88 bits per heavy atom. The Bertz CT molecular complexity index is 376. The topological polar surface area (TPSA) is 0 Å². The van der Waals surface area contributed by atoms with E-state index >= 15 is 0 Å². The van der Waals surface area contributed by atoms with Crippen LogP contribution in [0.25, 0.3) is 0 Å². The van der Waals surface area contributed by atoms with E-state index in [1.807, 2.05) is 5.57 Å². The minimum absolute atomic E-state index is 0.840. The first-order chi connectivity index (χ1) is 7.96. The average Bonchev–Trinajstić information content (AvgIpc) is 2.55. The first-order valence-corrected chi connectivity index (χ1v) is 11.3. The molecule has 0 saturated heterocycles. The van der Waals surface area contributed by atoms with Gasteiger partial charge in [0.15, 0.2) is 0 Å². The third-order valence-corrected chi connectivity index (χ3v) is 9.41. The molecule has 0 spiro atoms. The second-order valence-electron chi connectivity index (χ2n) is 6.52. The Morgan fingerprint density at radius 1 is 1.24 bits per heavy atom. The van der Waals surface area contributed by atoms with Gasteiger partial charge in [-0.2, -0.15) is 0 Å². The van der Waals surface area contributed by atoms with Crippen molar-refractivity contribution < 1.29 is 20.4 Å². The van der Waals surface area contributed by atoms with Crippen molar-refractivity contribution >= 4 is 8.07 Å². The van der Waals surface area contributed by atoms with E-state index < -0.39 is 8.07 Å². The van der Waals surface area contributed by atoms with Crippen LogP contribution in [0.15, 0.2) is 20.6 Å². The molecule has 0 saturated carbocycles. The average molecular weight is 281 g/mol. The van der Waals surface area contributed by atoms with Gasteiger partial charge in [-0.05, 0) is 0 Å². The molecule has 1 unspecified atom stereocenters. The van der Waals surface area contributed by atoms with Gasteiger partial charge < -0.3 is 0 Å². The zero-order chi connectivity index (χ0) is 12.6. The van der Waals surface area contributed by atoms with E-state index in [0.29, 0.717) is 0 Å². The summed E-state index contributed by atoms with van der Waals surface area (Å²) in [6, 6.07) is 2.92. The van der Waals surface area contributed by atoms with Gasteiger partial charge in [0, 0.05) is 0 Å². The molecule has 0 aromatic heterocycles. The van der Waals surface area contributed by atoms with Crippen molar-refractivity contribution in [2.75, 3.05) is 0 Å². The summed E-state index contributed by atoms with van der Waals surface area (Å²) in [5.41, 5.74) is 5.27. The quantitative estimate of drug-likeness (QED) is 0.636. The van der Waals surface area contributed by atoms with Gasteiger partial charge in [0.2, 0.25) is 0 Å². The van der Waals surface area contributed by atoms with E-state index in [1.165, 1.54) is 37.8 Å². The molecule has 1 atom stereocenters. The molecule has 2 rings (SSSR count). The van der Waals surface area contributed by atoms with E-state index in [4.69, 9.17) is 0 Å². The summed E-state index contributed by atoms with van der Waals surface area (Å²) >= 11 is 2.40. The predicted octanol–water partition coefficient (Wildman–Crippen LogP) is 5.04. The summed E-state index contributed by atoms with van der Waals surface area (Å²) in [4.78, 5) is 0. The maximum atomic E-state index is 2.57. The molecule has 93 valence electrons. The zero-order valence-electron chi connectivity index (χ0n) is 11.8. The first-order valence-electron chi connectivity index (χ1n) is 7.11. The Balaban J connectivity index is 2.25. The van der Waals surface area contributed by atoms with Crippen LogP contribution < -0.4 is 0 Å². The van der Waals surface area contributed by atoms with E-state index in [1.54, 1.807) is 15.0 Å². The van der Waals surface area contributed by atoms with E-state index in [-0.39, 0.29) is 0 Å². The van der Waals surface area contributed by atoms with Gasteiger partial charge in [-0.25, -0.2) is 0 Å². The molecule has 0 aromatic carbocycles. The van der Waals surface area contributed by atoms with Crippen LogP contribution in [0.5, 0.6) is 0 Å². The number of rotatable bonds is 3. The second kappa shape index (κ2) is 5.19. The zero-order valence-corrected chi connectivity index (χ0v) is 14.4. The molecule has 0 aromatic rings. The van der Waals surface area contributed by atoms with Crippen LogP contribution in [-0.4, -0.2) is 8.07 Å². The van der Waals surface area contributed by atoms with Gasteiger partial charge in [-0.3, -0.25) is 0 Å². The number of allylic oxidation sites excluding steroid dienone is 4. The summed E-state index contributed by atoms with van der Waals surface area (Å²) in [5.74, 6) is 0.840. The molecule has 0 N–H and O–H groups in total. The molecule has 0 aliphatic heterocycles. The molecule has 0 radical (unpaired) electrons. The third kappa shape index (κ3) is 2.72. The van der Waals surface area contributed by atoms with Crippen molar-refractivity contribution in [1.29, 1.82) is 0 Å². The van der Waals surface area contributed by atoms with Crippen LogP contribution in [0, 0.1) is 5.92 Å². The molecule has 17 heavy (non-hydrogen) atoms. The molecule has 0 fully saturated rings. The van der Waals surface area contributed by atoms with E-state index in [2.05, 4.69) is 47.4 Å². The minimum atomic E-state index is -0.958. The molecule has 0 nitrogen and oxygen atoms in total. The van der Waals surface area contributed by atoms with Crippen molar-refractivity contribution in [3.05, 3.63) is 20.6 Å². The normalized spacial score (nSPS) is 25.5. The Morgan fingerprint density at radius 3 is 2.53 bits per heavy atom. The fourth-order valence-electron chi connectivity index (χ4n) is 3.26. The van der Waals surface area contributed by atoms with E-state index in [0.717, 1.165) is 5.92 Å². The Labute approximate surface area is 119 Å². The van der Waals surface area contributed by atoms with E-state index in [9.17, 15) is 0 Å². The van der Waals surface area contributed by atoms with Crippen LogP contribution in [0.1, 0.15) is 39.5 Å². The summed E-state index contributed by atoms with van der Waals surface area (Å²) in [5, 5.41) is 0. The standard InChI is InChI=1S/C15H25Si.Ti/c1-5-16(3,4)11-13-10-12(2)14-8-6-7-9-15(13)14;/h13H,5-9,11H2,1-4H3;. The molecule has 2 aliphatic carbocycles. The van der Waals surface area contributed by atoms with Gasteiger partial charge in [0.25, 0.3) is 0 Å². The van der Waals surface area contributed by atoms with Gasteiger partial charge in [-0.15, -0.1) is 0 Å². The van der Waals surface area contributed by atoms with Crippen molar-refractivity contribution in [3.63, 3.8) is 0 Å². The molecule has 2 heteroatoms. The van der Waals surface area contributed by atoms with Gasteiger partial charge >= 0.3 is 120 Å². The van der Waals surface area contributed by atoms with Gasteiger partial charge in [0.1, 0.15) is 0 Å². The Hall–Kier alpha value is 0.411. The maximum absolute atomic E-state index is 2.57. The Kier molecular flexibility index (Phi) is 4.22. The van der Waals surface area contributed by atoms with Crippen LogP contribution in [0.2, 0.25) is 25.2 Å². The first kappa shape index (κ1) is 13.8. The van der Waals surface area contributed by atoms with Crippen molar-refractivity contribution in [1.82, 2.24) is 0 Å². The second-order valence-corrected chi connectivity index (χ2v) is 12.8. The van der Waals surface area contributed by atoms with Crippen molar-refractivity contribution in [2.24, 2.45) is 5.92 Å². The SMILES string of the molecule is CC[Si](C)(C)CC1[C]([Ti])=C(C)C2=C1CCCC2. The summed E-state index contributed by atoms with van der Waals surface area (Å²) in [6.45, 7) is 9.90. The fourth-order valence-corrected chi connectivity index (χ4v) is 6.09. The molecule has 2 aliphatic rings. The number of hydrogen-bond acceptors (Lipinski definition) is 0. The third-order valence-electron chi connectivity index (χ3n) is 4.85. The summed E-state index contributed by atoms with van der Waals surface area (Å²) in [7, 11) is -0.958. The van der Waals surface area contributed by atoms with Gasteiger partial charge in [0.05, 0.1) is 0 Å². The molecule has 0 bridgehead atoms. The summed E-state index contributed by atoms with van der Waals surface area (Å²) < 4.78 is 1.71. The van der Waals surface area contributed by atoms with Gasteiger partial charge in [-0.1, -0.05) is 0 Å². The van der Waals surface area contributed by atoms with Crippen LogP contribution in [0.3, 0.4) is 0 Å². The van der Waals surface area contributed by atoms with Crippen molar-refractivity contribution in [3.8, 4) is 0 Å². The molecular weight excluding hydrogens is 256 g/mol. The van der Waals surface area contributed by atoms with Crippen LogP contribution in [-0.2, 0) is 20.4 Å². The predicted molar refractivity (Wildman–Crippen MR) is 74.5 cm³/mol. The van der Waals surface area contributed by atoms with Crippen molar-refractivity contribution in [2.45, 2.75) is 64.7 Å². The molecular formula is C15H25SiTi. The number of hydrogen-bond donors (Lipinski definition) is 0. The fraction of sp³-hybridized carbons (Fsp3) is 0.733. The van der Waals surface area contributed by atoms with Crippen LogP contribution in [0.4, 0.5) is 0 Å². The molecule has 0 heterocycles. The monoisotopic (exact) mass is 281 g/mol. The summed E-state index contributed by atoms with van der Waals surface area (Å²) in [6.07, 6.45) is 5.61.